The smallest absolute Gasteiger partial charge is 0.357 e. The Morgan fingerprint density at radius 2 is 1.97 bits per heavy atom. The van der Waals surface area contributed by atoms with Crippen molar-refractivity contribution in [3.8, 4) is 17.1 Å². The number of hydrogen-bond donors (Lipinski definition) is 0. The van der Waals surface area contributed by atoms with Crippen molar-refractivity contribution < 1.29 is 14.3 Å². The first kappa shape index (κ1) is 21.8. The Morgan fingerprint density at radius 1 is 1.19 bits per heavy atom. The van der Waals surface area contributed by atoms with Crippen LogP contribution in [0.15, 0.2) is 34.8 Å². The van der Waals surface area contributed by atoms with Crippen LogP contribution in [-0.2, 0) is 10.5 Å². The second-order valence-corrected chi connectivity index (χ2v) is 9.22. The molecule has 1 saturated carbocycles. The molecule has 1 aliphatic rings. The topological polar surface area (TPSA) is 79.1 Å². The number of rotatable bonds is 8. The quantitative estimate of drug-likeness (QED) is 0.331. The molecule has 0 N–H and O–H groups in total. The summed E-state index contributed by atoms with van der Waals surface area (Å²) in [6.45, 7) is 2.14. The zero-order chi connectivity index (χ0) is 21.6. The van der Waals surface area contributed by atoms with Crippen molar-refractivity contribution >= 4 is 29.1 Å². The SMILES string of the molecule is CCOC(=O)c1csc(CSc2nnc(-c3ccc(OC)cc3)n2C2CCCCC2)n1. The lowest BCUT2D eigenvalue weighted by molar-refractivity contribution is 0.0520. The number of carbonyl (C=O) groups excluding carboxylic acids is 1. The summed E-state index contributed by atoms with van der Waals surface area (Å²) in [5, 5.41) is 12.6. The lowest BCUT2D eigenvalue weighted by Gasteiger charge is -2.25. The molecule has 1 fully saturated rings. The summed E-state index contributed by atoms with van der Waals surface area (Å²) in [5.74, 6) is 1.98. The Labute approximate surface area is 190 Å². The van der Waals surface area contributed by atoms with Crippen LogP contribution in [0.4, 0.5) is 0 Å². The van der Waals surface area contributed by atoms with Gasteiger partial charge in [0.1, 0.15) is 10.8 Å². The number of nitrogens with zero attached hydrogens (tertiary/aromatic N) is 4. The molecule has 0 spiro atoms. The lowest BCUT2D eigenvalue weighted by Crippen LogP contribution is -2.15. The van der Waals surface area contributed by atoms with Crippen LogP contribution in [0.5, 0.6) is 5.75 Å². The average Bonchev–Trinajstić information content (AvgIpc) is 3.46. The van der Waals surface area contributed by atoms with Crippen molar-refractivity contribution in [1.82, 2.24) is 19.7 Å². The van der Waals surface area contributed by atoms with Crippen LogP contribution in [0.1, 0.15) is 60.6 Å². The van der Waals surface area contributed by atoms with Crippen LogP contribution in [0.25, 0.3) is 11.4 Å². The van der Waals surface area contributed by atoms with E-state index in [4.69, 9.17) is 9.47 Å². The number of thioether (sulfide) groups is 1. The fourth-order valence-corrected chi connectivity index (χ4v) is 5.57. The predicted octanol–water partition coefficient (Wildman–Crippen LogP) is 5.38. The zero-order valence-corrected chi connectivity index (χ0v) is 19.4. The van der Waals surface area contributed by atoms with E-state index in [1.165, 1.54) is 30.6 Å². The fourth-order valence-electron chi connectivity index (χ4n) is 3.78. The van der Waals surface area contributed by atoms with Crippen molar-refractivity contribution in [1.29, 1.82) is 0 Å². The van der Waals surface area contributed by atoms with E-state index in [-0.39, 0.29) is 5.97 Å². The Hall–Kier alpha value is -2.39. The summed E-state index contributed by atoms with van der Waals surface area (Å²) in [5.41, 5.74) is 1.40. The number of carbonyl (C=O) groups is 1. The maximum absolute atomic E-state index is 11.9. The van der Waals surface area contributed by atoms with Gasteiger partial charge < -0.3 is 9.47 Å². The van der Waals surface area contributed by atoms with Gasteiger partial charge in [0, 0.05) is 17.0 Å². The van der Waals surface area contributed by atoms with E-state index >= 15 is 0 Å². The van der Waals surface area contributed by atoms with E-state index in [0.717, 1.165) is 40.1 Å². The Balaban J connectivity index is 1.56. The van der Waals surface area contributed by atoms with Crippen molar-refractivity contribution in [3.63, 3.8) is 0 Å². The largest absolute Gasteiger partial charge is 0.497 e. The van der Waals surface area contributed by atoms with Gasteiger partial charge in [-0.25, -0.2) is 9.78 Å². The molecule has 31 heavy (non-hydrogen) atoms. The minimum absolute atomic E-state index is 0.346. The highest BCUT2D eigenvalue weighted by atomic mass is 32.2. The van der Waals surface area contributed by atoms with Crippen LogP contribution >= 0.6 is 23.1 Å². The maximum atomic E-state index is 11.9. The van der Waals surface area contributed by atoms with Crippen LogP contribution in [0, 0.1) is 0 Å². The Kier molecular flexibility index (Phi) is 7.24. The molecule has 1 aromatic carbocycles. The molecule has 9 heteroatoms. The van der Waals surface area contributed by atoms with E-state index in [1.54, 1.807) is 31.2 Å². The standard InChI is InChI=1S/C22H26N4O3S2/c1-3-29-21(27)18-13-30-19(23-18)14-31-22-25-24-20(15-9-11-17(28-2)12-10-15)26(22)16-7-5-4-6-8-16/h9-13,16H,3-8,14H2,1-2H3. The van der Waals surface area contributed by atoms with Gasteiger partial charge in [-0.1, -0.05) is 31.0 Å². The van der Waals surface area contributed by atoms with E-state index in [1.807, 2.05) is 24.3 Å². The highest BCUT2D eigenvalue weighted by molar-refractivity contribution is 7.98. The van der Waals surface area contributed by atoms with Gasteiger partial charge in [0.2, 0.25) is 0 Å². The van der Waals surface area contributed by atoms with E-state index in [2.05, 4.69) is 19.7 Å². The minimum Gasteiger partial charge on any atom is -0.497 e. The molecule has 0 saturated heterocycles. The highest BCUT2D eigenvalue weighted by Gasteiger charge is 2.24. The molecule has 2 aromatic heterocycles. The molecular weight excluding hydrogens is 432 g/mol. The number of benzene rings is 1. The molecule has 0 unspecified atom stereocenters. The Morgan fingerprint density at radius 3 is 2.68 bits per heavy atom. The van der Waals surface area contributed by atoms with Crippen molar-refractivity contribution in [2.24, 2.45) is 0 Å². The molecule has 0 amide bonds. The van der Waals surface area contributed by atoms with E-state index in [0.29, 0.717) is 24.1 Å². The summed E-state index contributed by atoms with van der Waals surface area (Å²) in [7, 11) is 1.67. The number of thiazole rings is 1. The molecule has 3 aromatic rings. The summed E-state index contributed by atoms with van der Waals surface area (Å²) in [6.07, 6.45) is 6.02. The Bertz CT molecular complexity index is 1010. The minimum atomic E-state index is -0.373. The highest BCUT2D eigenvalue weighted by Crippen LogP contribution is 2.36. The third-order valence-corrected chi connectivity index (χ3v) is 7.30. The average molecular weight is 459 g/mol. The molecule has 1 aliphatic carbocycles. The number of aromatic nitrogens is 4. The molecule has 4 rings (SSSR count). The van der Waals surface area contributed by atoms with Gasteiger partial charge in [0.25, 0.3) is 0 Å². The monoisotopic (exact) mass is 458 g/mol. The second-order valence-electron chi connectivity index (χ2n) is 7.33. The van der Waals surface area contributed by atoms with Crippen molar-refractivity contribution in [2.45, 2.75) is 56.0 Å². The fraction of sp³-hybridized carbons (Fsp3) is 0.455. The maximum Gasteiger partial charge on any atom is 0.357 e. The molecule has 2 heterocycles. The number of ether oxygens (including phenoxy) is 2. The summed E-state index contributed by atoms with van der Waals surface area (Å²) in [6, 6.07) is 8.37. The van der Waals surface area contributed by atoms with Gasteiger partial charge in [-0.3, -0.25) is 4.57 Å². The molecular formula is C22H26N4O3S2. The van der Waals surface area contributed by atoms with Crippen molar-refractivity contribution in [3.05, 3.63) is 40.3 Å². The van der Waals surface area contributed by atoms with E-state index in [9.17, 15) is 4.79 Å². The normalized spacial score (nSPS) is 14.5. The van der Waals surface area contributed by atoms with Gasteiger partial charge in [0.05, 0.1) is 19.5 Å². The van der Waals surface area contributed by atoms with Crippen LogP contribution in [0.3, 0.4) is 0 Å². The summed E-state index contributed by atoms with van der Waals surface area (Å²) < 4.78 is 12.6. The number of methoxy groups -OCH3 is 1. The third kappa shape index (κ3) is 5.10. The predicted molar refractivity (Wildman–Crippen MR) is 122 cm³/mol. The van der Waals surface area contributed by atoms with Crippen LogP contribution < -0.4 is 4.74 Å². The first-order valence-electron chi connectivity index (χ1n) is 10.5. The number of hydrogen-bond acceptors (Lipinski definition) is 8. The van der Waals surface area contributed by atoms with Gasteiger partial charge in [0.15, 0.2) is 16.7 Å². The van der Waals surface area contributed by atoms with Crippen molar-refractivity contribution in [2.75, 3.05) is 13.7 Å². The molecule has 0 aliphatic heterocycles. The lowest BCUT2D eigenvalue weighted by atomic mass is 9.95. The van der Waals surface area contributed by atoms with Gasteiger partial charge in [-0.05, 0) is 44.0 Å². The molecule has 0 radical (unpaired) electrons. The molecule has 7 nitrogen and oxygen atoms in total. The van der Waals surface area contributed by atoms with Gasteiger partial charge in [-0.15, -0.1) is 21.5 Å². The second kappa shape index (κ2) is 10.3. The summed E-state index contributed by atoms with van der Waals surface area (Å²) >= 11 is 3.08. The van der Waals surface area contributed by atoms with Gasteiger partial charge in [-0.2, -0.15) is 0 Å². The van der Waals surface area contributed by atoms with E-state index < -0.39 is 0 Å². The van der Waals surface area contributed by atoms with Crippen LogP contribution in [-0.4, -0.2) is 39.4 Å². The molecule has 164 valence electrons. The third-order valence-electron chi connectivity index (χ3n) is 5.31. The van der Waals surface area contributed by atoms with Gasteiger partial charge >= 0.3 is 5.97 Å². The molecule has 0 atom stereocenters. The first-order valence-corrected chi connectivity index (χ1v) is 12.4. The first-order chi connectivity index (χ1) is 15.2. The van der Waals surface area contributed by atoms with Crippen LogP contribution in [0.2, 0.25) is 0 Å². The molecule has 0 bridgehead atoms. The summed E-state index contributed by atoms with van der Waals surface area (Å²) in [4.78, 5) is 16.3. The zero-order valence-electron chi connectivity index (χ0n) is 17.7. The number of esters is 1.